The van der Waals surface area contributed by atoms with Gasteiger partial charge in [-0.3, -0.25) is 5.10 Å². The van der Waals surface area contributed by atoms with Crippen LogP contribution in [0.25, 0.3) is 0 Å². The maximum Gasteiger partial charge on any atom is 0.124 e. The maximum atomic E-state index is 10.3. The minimum atomic E-state index is 0.0366. The normalized spacial score (nSPS) is 11.6. The first kappa shape index (κ1) is 8.97. The lowest BCUT2D eigenvalue weighted by molar-refractivity contribution is -0.107. The van der Waals surface area contributed by atoms with Crippen molar-refractivity contribution in [2.75, 3.05) is 0 Å². The molecule has 3 heteroatoms. The molecule has 0 bridgehead atoms. The minimum absolute atomic E-state index is 0.0366. The molecule has 0 unspecified atom stereocenters. The molecule has 0 atom stereocenters. The number of H-pyrrole nitrogens is 1. The summed E-state index contributed by atoms with van der Waals surface area (Å²) in [4.78, 5) is 10.3. The second-order valence-electron chi connectivity index (χ2n) is 3.89. The summed E-state index contributed by atoms with van der Waals surface area (Å²) in [5.74, 6) is 0. The van der Waals surface area contributed by atoms with Gasteiger partial charge in [-0.2, -0.15) is 5.10 Å². The smallest absolute Gasteiger partial charge is 0.124 e. The molecule has 0 aromatic carbocycles. The Morgan fingerprint density at radius 2 is 2.25 bits per heavy atom. The zero-order chi connectivity index (χ0) is 9.19. The van der Waals surface area contributed by atoms with E-state index in [0.29, 0.717) is 6.42 Å². The molecular weight excluding hydrogens is 152 g/mol. The molecule has 1 aromatic rings. The van der Waals surface area contributed by atoms with Crippen molar-refractivity contribution in [2.24, 2.45) is 0 Å². The van der Waals surface area contributed by atoms with Crippen molar-refractivity contribution in [2.45, 2.75) is 32.6 Å². The average Bonchev–Trinajstić information content (AvgIpc) is 2.34. The van der Waals surface area contributed by atoms with E-state index >= 15 is 0 Å². The zero-order valence-electron chi connectivity index (χ0n) is 7.72. The second-order valence-corrected chi connectivity index (χ2v) is 3.89. The predicted octanol–water partition coefficient (Wildman–Crippen LogP) is 1.45. The molecule has 0 radical (unpaired) electrons. The summed E-state index contributed by atoms with van der Waals surface area (Å²) >= 11 is 0. The highest BCUT2D eigenvalue weighted by atomic mass is 16.1. The molecule has 0 saturated carbocycles. The van der Waals surface area contributed by atoms with E-state index in [0.717, 1.165) is 17.5 Å². The Labute approximate surface area is 72.2 Å². The van der Waals surface area contributed by atoms with Gasteiger partial charge >= 0.3 is 0 Å². The van der Waals surface area contributed by atoms with E-state index in [2.05, 4.69) is 31.0 Å². The maximum absolute atomic E-state index is 10.3. The van der Waals surface area contributed by atoms with Crippen LogP contribution in [-0.4, -0.2) is 16.5 Å². The molecule has 0 fully saturated rings. The average molecular weight is 166 g/mol. The van der Waals surface area contributed by atoms with Crippen molar-refractivity contribution in [3.8, 4) is 0 Å². The van der Waals surface area contributed by atoms with Gasteiger partial charge in [0.05, 0.1) is 6.20 Å². The third-order valence-electron chi connectivity index (χ3n) is 1.77. The number of carbonyl (C=O) groups is 1. The van der Waals surface area contributed by atoms with E-state index in [1.165, 1.54) is 0 Å². The van der Waals surface area contributed by atoms with Crippen LogP contribution in [0.5, 0.6) is 0 Å². The second kappa shape index (κ2) is 3.09. The first-order chi connectivity index (χ1) is 5.55. The Bertz CT molecular complexity index is 270. The Morgan fingerprint density at radius 1 is 1.58 bits per heavy atom. The van der Waals surface area contributed by atoms with Crippen molar-refractivity contribution in [1.82, 2.24) is 10.2 Å². The van der Waals surface area contributed by atoms with Crippen LogP contribution in [-0.2, 0) is 16.6 Å². The summed E-state index contributed by atoms with van der Waals surface area (Å²) in [5, 5.41) is 6.84. The van der Waals surface area contributed by atoms with Crippen LogP contribution in [0, 0.1) is 0 Å². The third kappa shape index (κ3) is 1.72. The van der Waals surface area contributed by atoms with Gasteiger partial charge in [-0.05, 0) is 0 Å². The third-order valence-corrected chi connectivity index (χ3v) is 1.77. The Kier molecular flexibility index (Phi) is 2.31. The van der Waals surface area contributed by atoms with Gasteiger partial charge in [-0.15, -0.1) is 0 Å². The highest BCUT2D eigenvalue weighted by Crippen LogP contribution is 2.22. The molecule has 1 N–H and O–H groups in total. The van der Waals surface area contributed by atoms with Crippen molar-refractivity contribution in [1.29, 1.82) is 0 Å². The van der Waals surface area contributed by atoms with Crippen LogP contribution in [0.3, 0.4) is 0 Å². The van der Waals surface area contributed by atoms with Crippen molar-refractivity contribution in [3.63, 3.8) is 0 Å². The van der Waals surface area contributed by atoms with Crippen LogP contribution in [0.4, 0.5) is 0 Å². The van der Waals surface area contributed by atoms with E-state index in [1.807, 2.05) is 0 Å². The fourth-order valence-corrected chi connectivity index (χ4v) is 1.21. The van der Waals surface area contributed by atoms with E-state index in [4.69, 9.17) is 0 Å². The van der Waals surface area contributed by atoms with Crippen LogP contribution >= 0.6 is 0 Å². The topological polar surface area (TPSA) is 45.8 Å². The number of nitrogens with one attached hydrogen (secondary N) is 1. The van der Waals surface area contributed by atoms with Crippen LogP contribution in [0.2, 0.25) is 0 Å². The van der Waals surface area contributed by atoms with E-state index < -0.39 is 0 Å². The number of carbonyl (C=O) groups excluding carboxylic acids is 1. The molecule has 1 heterocycles. The van der Waals surface area contributed by atoms with Crippen LogP contribution in [0.15, 0.2) is 6.20 Å². The van der Waals surface area contributed by atoms with E-state index in [-0.39, 0.29) is 5.41 Å². The fourth-order valence-electron chi connectivity index (χ4n) is 1.21. The molecular formula is C9H14N2O. The predicted molar refractivity (Wildman–Crippen MR) is 47.1 cm³/mol. The van der Waals surface area contributed by atoms with E-state index in [1.54, 1.807) is 6.20 Å². The molecule has 12 heavy (non-hydrogen) atoms. The summed E-state index contributed by atoms with van der Waals surface area (Å²) in [6.45, 7) is 6.28. The van der Waals surface area contributed by atoms with Gasteiger partial charge in [-0.1, -0.05) is 20.8 Å². The summed E-state index contributed by atoms with van der Waals surface area (Å²) in [6, 6.07) is 0. The molecule has 0 saturated heterocycles. The molecule has 0 aliphatic heterocycles. The van der Waals surface area contributed by atoms with Crippen molar-refractivity contribution in [3.05, 3.63) is 17.5 Å². The number of nitrogens with zero attached hydrogens (tertiary/aromatic N) is 1. The highest BCUT2D eigenvalue weighted by Gasteiger charge is 2.19. The monoisotopic (exact) mass is 166 g/mol. The zero-order valence-corrected chi connectivity index (χ0v) is 7.72. The molecule has 66 valence electrons. The number of hydrogen-bond acceptors (Lipinski definition) is 2. The fraction of sp³-hybridized carbons (Fsp3) is 0.556. The van der Waals surface area contributed by atoms with Gasteiger partial charge in [0.25, 0.3) is 0 Å². The standard InChI is InChI=1S/C9H14N2O/c1-9(2,3)8-7(4-5-12)6-10-11-8/h5-6H,4H2,1-3H3,(H,10,11). The number of hydrogen-bond donors (Lipinski definition) is 1. The Hall–Kier alpha value is -1.12. The Morgan fingerprint density at radius 3 is 2.75 bits per heavy atom. The summed E-state index contributed by atoms with van der Waals surface area (Å²) < 4.78 is 0. The van der Waals surface area contributed by atoms with Gasteiger partial charge in [0.2, 0.25) is 0 Å². The molecule has 1 rings (SSSR count). The SMILES string of the molecule is CC(C)(C)c1[nH]ncc1CC=O. The molecule has 1 aromatic heterocycles. The summed E-state index contributed by atoms with van der Waals surface area (Å²) in [7, 11) is 0. The number of aromatic nitrogens is 2. The summed E-state index contributed by atoms with van der Waals surface area (Å²) in [5.41, 5.74) is 2.08. The van der Waals surface area contributed by atoms with Gasteiger partial charge in [0, 0.05) is 23.1 Å². The molecule has 0 aliphatic rings. The molecule has 0 spiro atoms. The van der Waals surface area contributed by atoms with E-state index in [9.17, 15) is 4.79 Å². The number of aldehydes is 1. The van der Waals surface area contributed by atoms with Crippen molar-refractivity contribution < 1.29 is 4.79 Å². The lowest BCUT2D eigenvalue weighted by Crippen LogP contribution is -2.14. The quantitative estimate of drug-likeness (QED) is 0.676. The Balaban J connectivity index is 2.99. The lowest BCUT2D eigenvalue weighted by atomic mass is 9.89. The summed E-state index contributed by atoms with van der Waals surface area (Å²) in [6.07, 6.45) is 3.07. The van der Waals surface area contributed by atoms with Gasteiger partial charge in [0.1, 0.15) is 6.29 Å². The minimum Gasteiger partial charge on any atom is -0.303 e. The van der Waals surface area contributed by atoms with Gasteiger partial charge in [0.15, 0.2) is 0 Å². The van der Waals surface area contributed by atoms with Gasteiger partial charge < -0.3 is 4.79 Å². The van der Waals surface area contributed by atoms with Crippen LogP contribution < -0.4 is 0 Å². The number of aromatic amines is 1. The van der Waals surface area contributed by atoms with Gasteiger partial charge in [-0.25, -0.2) is 0 Å². The first-order valence-corrected chi connectivity index (χ1v) is 4.02. The molecule has 0 amide bonds. The van der Waals surface area contributed by atoms with Crippen LogP contribution in [0.1, 0.15) is 32.0 Å². The molecule has 0 aliphatic carbocycles. The molecule has 3 nitrogen and oxygen atoms in total. The van der Waals surface area contributed by atoms with Crippen molar-refractivity contribution >= 4 is 6.29 Å². The lowest BCUT2D eigenvalue weighted by Gasteiger charge is -2.17. The highest BCUT2D eigenvalue weighted by molar-refractivity contribution is 5.55. The largest absolute Gasteiger partial charge is 0.303 e. The number of rotatable bonds is 2. The first-order valence-electron chi connectivity index (χ1n) is 4.02.